The van der Waals surface area contributed by atoms with Gasteiger partial charge in [0.25, 0.3) is 0 Å². The molecule has 0 heterocycles. The maximum atomic E-state index is 7.54. The van der Waals surface area contributed by atoms with Crippen LogP contribution in [-0.4, -0.2) is 28.3 Å². The molecule has 0 aromatic heterocycles. The van der Waals surface area contributed by atoms with E-state index in [1.165, 1.54) is 0 Å². The molecular formula is C32H38O5Si2. The zero-order chi connectivity index (χ0) is 28.0. The molecule has 0 radical (unpaired) electrons. The molecule has 5 nitrogen and oxygen atoms in total. The molecule has 0 aliphatic carbocycles. The normalized spacial score (nSPS) is 12.9. The Morgan fingerprint density at radius 1 is 0.385 bits per heavy atom. The van der Waals surface area contributed by atoms with E-state index >= 15 is 0 Å². The summed E-state index contributed by atoms with van der Waals surface area (Å²) in [5, 5.41) is 3.57. The summed E-state index contributed by atoms with van der Waals surface area (Å²) in [4.78, 5) is 12.3. The first kappa shape index (κ1) is 29.1. The Balaban J connectivity index is 2.03. The van der Waals surface area contributed by atoms with E-state index in [1.54, 1.807) is 0 Å². The van der Waals surface area contributed by atoms with Gasteiger partial charge in [-0.1, -0.05) is 121 Å². The quantitative estimate of drug-likeness (QED) is 0.156. The van der Waals surface area contributed by atoms with Gasteiger partial charge >= 0.3 is 17.1 Å². The molecular weight excluding hydrogens is 521 g/mol. The monoisotopic (exact) mass is 558 g/mol. The molecule has 0 fully saturated rings. The van der Waals surface area contributed by atoms with E-state index in [-0.39, 0.29) is 0 Å². The van der Waals surface area contributed by atoms with Crippen LogP contribution in [0.1, 0.15) is 41.5 Å². The van der Waals surface area contributed by atoms with Crippen molar-refractivity contribution in [1.29, 1.82) is 0 Å². The van der Waals surface area contributed by atoms with Crippen LogP contribution in [0.15, 0.2) is 121 Å². The lowest BCUT2D eigenvalue weighted by atomic mass is 10.2. The fourth-order valence-corrected chi connectivity index (χ4v) is 12.1. The molecule has 39 heavy (non-hydrogen) atoms. The van der Waals surface area contributed by atoms with Crippen molar-refractivity contribution in [1.82, 2.24) is 0 Å². The molecule has 0 aliphatic heterocycles. The van der Waals surface area contributed by atoms with Crippen LogP contribution in [-0.2, 0) is 23.0 Å². The minimum Gasteiger partial charge on any atom is -0.398 e. The standard InChI is InChI=1S/C32H38O5Si2/c1-31(2,3)33-35-38(27-19-11-7-12-20-27,28-21-13-8-14-22-28)37-39(36-34-32(4,5)6,29-23-15-9-16-24-29)30-25-17-10-18-26-30/h7-26H,1-6H3. The van der Waals surface area contributed by atoms with Gasteiger partial charge in [-0.25, -0.2) is 18.9 Å². The third kappa shape index (κ3) is 7.20. The Labute approximate surface area is 234 Å². The van der Waals surface area contributed by atoms with Gasteiger partial charge < -0.3 is 4.12 Å². The van der Waals surface area contributed by atoms with Gasteiger partial charge in [0.05, 0.1) is 11.2 Å². The van der Waals surface area contributed by atoms with Gasteiger partial charge in [-0.15, -0.1) is 0 Å². The average molecular weight is 559 g/mol. The van der Waals surface area contributed by atoms with E-state index < -0.39 is 28.3 Å². The highest BCUT2D eigenvalue weighted by molar-refractivity contribution is 7.04. The highest BCUT2D eigenvalue weighted by Crippen LogP contribution is 2.24. The Bertz CT molecular complexity index is 1110. The van der Waals surface area contributed by atoms with Crippen molar-refractivity contribution in [2.45, 2.75) is 52.7 Å². The highest BCUT2D eigenvalue weighted by atomic mass is 28.5. The second-order valence-electron chi connectivity index (χ2n) is 11.4. The third-order valence-corrected chi connectivity index (χ3v) is 13.0. The molecule has 204 valence electrons. The van der Waals surface area contributed by atoms with Crippen LogP contribution in [0.4, 0.5) is 0 Å². The minimum absolute atomic E-state index is 0.586. The van der Waals surface area contributed by atoms with E-state index in [1.807, 2.05) is 163 Å². The summed E-state index contributed by atoms with van der Waals surface area (Å²) in [7, 11) is -7.24. The fraction of sp³-hybridized carbons (Fsp3) is 0.250. The van der Waals surface area contributed by atoms with Crippen LogP contribution in [0.5, 0.6) is 0 Å². The first-order chi connectivity index (χ1) is 18.5. The summed E-state index contributed by atoms with van der Waals surface area (Å²) in [6, 6.07) is 40.1. The maximum absolute atomic E-state index is 7.54. The molecule has 0 saturated carbocycles. The first-order valence-electron chi connectivity index (χ1n) is 13.2. The van der Waals surface area contributed by atoms with Crippen molar-refractivity contribution in [2.24, 2.45) is 0 Å². The minimum atomic E-state index is -3.62. The predicted octanol–water partition coefficient (Wildman–Crippen LogP) is 5.01. The van der Waals surface area contributed by atoms with Gasteiger partial charge in [0.2, 0.25) is 0 Å². The molecule has 4 aromatic rings. The van der Waals surface area contributed by atoms with Crippen LogP contribution >= 0.6 is 0 Å². The van der Waals surface area contributed by atoms with Crippen LogP contribution < -0.4 is 20.7 Å². The van der Waals surface area contributed by atoms with Crippen molar-refractivity contribution in [3.05, 3.63) is 121 Å². The van der Waals surface area contributed by atoms with E-state index in [0.29, 0.717) is 0 Å². The molecule has 0 spiro atoms. The number of hydrogen-bond acceptors (Lipinski definition) is 5. The number of benzene rings is 4. The summed E-state index contributed by atoms with van der Waals surface area (Å²) in [6.07, 6.45) is 0. The van der Waals surface area contributed by atoms with E-state index in [4.69, 9.17) is 23.0 Å². The van der Waals surface area contributed by atoms with Crippen molar-refractivity contribution < 1.29 is 23.0 Å². The van der Waals surface area contributed by atoms with Crippen molar-refractivity contribution in [3.63, 3.8) is 0 Å². The molecule has 0 amide bonds. The molecule has 4 rings (SSSR count). The van der Waals surface area contributed by atoms with Gasteiger partial charge in [-0.3, -0.25) is 0 Å². The van der Waals surface area contributed by atoms with Gasteiger partial charge in [-0.05, 0) is 62.3 Å². The summed E-state index contributed by atoms with van der Waals surface area (Å²) in [6.45, 7) is 11.8. The third-order valence-electron chi connectivity index (χ3n) is 5.72. The maximum Gasteiger partial charge on any atom is 0.432 e. The Hall–Kier alpha value is -2.89. The van der Waals surface area contributed by atoms with Gasteiger partial charge in [-0.2, -0.15) is 0 Å². The first-order valence-corrected chi connectivity index (χ1v) is 16.8. The SMILES string of the molecule is CC(C)(C)OO[Si](O[Si](OOC(C)(C)C)(c1ccccc1)c1ccccc1)(c1ccccc1)c1ccccc1. The lowest BCUT2D eigenvalue weighted by Gasteiger charge is -2.41. The van der Waals surface area contributed by atoms with Gasteiger partial charge in [0.15, 0.2) is 0 Å². The lowest BCUT2D eigenvalue weighted by molar-refractivity contribution is -0.300. The molecule has 0 bridgehead atoms. The highest BCUT2D eigenvalue weighted by Gasteiger charge is 2.57. The molecule has 7 heteroatoms. The van der Waals surface area contributed by atoms with E-state index in [0.717, 1.165) is 20.7 Å². The Morgan fingerprint density at radius 2 is 0.615 bits per heavy atom. The summed E-state index contributed by atoms with van der Waals surface area (Å²) in [5.74, 6) is 0. The Kier molecular flexibility index (Phi) is 9.03. The van der Waals surface area contributed by atoms with Crippen LogP contribution in [0, 0.1) is 0 Å². The molecule has 0 saturated heterocycles. The van der Waals surface area contributed by atoms with Gasteiger partial charge in [0.1, 0.15) is 0 Å². The zero-order valence-electron chi connectivity index (χ0n) is 23.6. The second-order valence-corrected chi connectivity index (χ2v) is 17.3. The number of hydrogen-bond donors (Lipinski definition) is 0. The molecule has 0 atom stereocenters. The van der Waals surface area contributed by atoms with E-state index in [2.05, 4.69) is 0 Å². The van der Waals surface area contributed by atoms with E-state index in [9.17, 15) is 0 Å². The van der Waals surface area contributed by atoms with Crippen molar-refractivity contribution in [2.75, 3.05) is 0 Å². The van der Waals surface area contributed by atoms with Crippen LogP contribution in [0.3, 0.4) is 0 Å². The smallest absolute Gasteiger partial charge is 0.398 e. The average Bonchev–Trinajstić information content (AvgIpc) is 2.94. The lowest BCUT2D eigenvalue weighted by Crippen LogP contribution is -2.75. The zero-order valence-corrected chi connectivity index (χ0v) is 25.6. The van der Waals surface area contributed by atoms with Gasteiger partial charge in [0, 0.05) is 0 Å². The largest absolute Gasteiger partial charge is 0.432 e. The van der Waals surface area contributed by atoms with Crippen molar-refractivity contribution in [3.8, 4) is 0 Å². The molecule has 0 N–H and O–H groups in total. The summed E-state index contributed by atoms with van der Waals surface area (Å²) < 4.78 is 20.8. The summed E-state index contributed by atoms with van der Waals surface area (Å²) >= 11 is 0. The van der Waals surface area contributed by atoms with Crippen molar-refractivity contribution >= 4 is 37.9 Å². The summed E-state index contributed by atoms with van der Waals surface area (Å²) in [5.41, 5.74) is -1.17. The molecule has 0 unspecified atom stereocenters. The molecule has 4 aromatic carbocycles. The topological polar surface area (TPSA) is 46.2 Å². The Morgan fingerprint density at radius 3 is 0.821 bits per heavy atom. The number of rotatable bonds is 10. The predicted molar refractivity (Wildman–Crippen MR) is 161 cm³/mol. The van der Waals surface area contributed by atoms with Crippen LogP contribution in [0.25, 0.3) is 0 Å². The fourth-order valence-electron chi connectivity index (χ4n) is 4.00. The second kappa shape index (κ2) is 12.1. The molecule has 0 aliphatic rings. The van der Waals surface area contributed by atoms with Crippen LogP contribution in [0.2, 0.25) is 0 Å².